The zero-order valence-electron chi connectivity index (χ0n) is 18.2. The van der Waals surface area contributed by atoms with Crippen molar-refractivity contribution in [2.75, 3.05) is 39.3 Å². The fourth-order valence-electron chi connectivity index (χ4n) is 5.14. The second-order valence-corrected chi connectivity index (χ2v) is 9.03. The van der Waals surface area contributed by atoms with E-state index in [-0.39, 0.29) is 0 Å². The number of benzene rings is 1. The molecule has 156 valence electrons. The fourth-order valence-corrected chi connectivity index (χ4v) is 5.14. The molecule has 1 aromatic carbocycles. The Bertz CT molecular complexity index is 872. The van der Waals surface area contributed by atoms with Gasteiger partial charge < -0.3 is 0 Å². The summed E-state index contributed by atoms with van der Waals surface area (Å²) in [5.74, 6) is 0. The van der Waals surface area contributed by atoms with Gasteiger partial charge in [0.2, 0.25) is 0 Å². The third kappa shape index (κ3) is 3.90. The Balaban J connectivity index is 1.74. The average molecular weight is 396 g/mol. The zero-order valence-corrected chi connectivity index (χ0v) is 18.2. The number of para-hydroxylation sites is 1. The highest BCUT2D eigenvalue weighted by molar-refractivity contribution is 5.99. The van der Waals surface area contributed by atoms with Gasteiger partial charge >= 0.3 is 6.03 Å². The Labute approximate surface area is 174 Å². The van der Waals surface area contributed by atoms with E-state index >= 15 is 0 Å². The fraction of sp³-hybridized carbons (Fsp3) is 0.583. The van der Waals surface area contributed by atoms with Gasteiger partial charge in [-0.1, -0.05) is 12.1 Å². The predicted molar refractivity (Wildman–Crippen MR) is 120 cm³/mol. The lowest BCUT2D eigenvalue weighted by Gasteiger charge is -2.41. The number of quaternary nitrogens is 1. The average Bonchev–Trinajstić information content (AvgIpc) is 2.99. The van der Waals surface area contributed by atoms with Gasteiger partial charge in [-0.25, -0.2) is 9.28 Å². The number of aryl methyl sites for hydroxylation is 1. The number of fused-ring (bicyclic) bond motifs is 1. The monoisotopic (exact) mass is 395 g/mol. The number of hydrogen-bond donors (Lipinski definition) is 0. The van der Waals surface area contributed by atoms with E-state index in [4.69, 9.17) is 4.98 Å². The molecule has 0 bridgehead atoms. The summed E-state index contributed by atoms with van der Waals surface area (Å²) < 4.78 is 0.464. The van der Waals surface area contributed by atoms with Crippen molar-refractivity contribution in [1.29, 1.82) is 0 Å². The van der Waals surface area contributed by atoms with Crippen molar-refractivity contribution in [1.82, 2.24) is 19.3 Å². The summed E-state index contributed by atoms with van der Waals surface area (Å²) in [5, 5.41) is 1.13. The number of pyridine rings is 1. The Morgan fingerprint density at radius 2 is 1.76 bits per heavy atom. The normalized spacial score (nSPS) is 20.8. The summed E-state index contributed by atoms with van der Waals surface area (Å²) in [4.78, 5) is 23.5. The first-order valence-electron chi connectivity index (χ1n) is 11.3. The molecule has 2 saturated heterocycles. The number of nitrogens with zero attached hydrogens (tertiary/aromatic N) is 4. The first-order chi connectivity index (χ1) is 14.0. The molecule has 2 aliphatic rings. The Morgan fingerprint density at radius 3 is 2.52 bits per heavy atom. The van der Waals surface area contributed by atoms with Crippen LogP contribution in [0.15, 0.2) is 30.3 Å². The van der Waals surface area contributed by atoms with Crippen LogP contribution in [0.3, 0.4) is 0 Å². The molecule has 0 saturated carbocycles. The van der Waals surface area contributed by atoms with E-state index < -0.39 is 0 Å². The smallest absolute Gasteiger partial charge is 0.299 e. The van der Waals surface area contributed by atoms with Crippen LogP contribution in [0.4, 0.5) is 10.5 Å². The number of carbonyl (C=O) groups is 1. The van der Waals surface area contributed by atoms with E-state index in [9.17, 15) is 4.79 Å². The Morgan fingerprint density at radius 1 is 1.00 bits per heavy atom. The molecule has 0 N–H and O–H groups in total. The van der Waals surface area contributed by atoms with E-state index in [1.54, 1.807) is 0 Å². The minimum Gasteiger partial charge on any atom is -0.299 e. The molecule has 1 aromatic heterocycles. The van der Waals surface area contributed by atoms with Gasteiger partial charge in [-0.3, -0.25) is 14.8 Å². The molecular formula is C24H35N4O+. The third-order valence-electron chi connectivity index (χ3n) is 6.76. The van der Waals surface area contributed by atoms with Crippen molar-refractivity contribution in [3.05, 3.63) is 36.0 Å². The standard InChI is InChI=1S/C24H35N4O/c1-19(2)26-12-9-13-27(15-14-26)24(29)28(16-7-4-8-17-28)23-18-20(3)25-22-11-6-5-10-21(22)23/h5-6,10-11,18-19H,4,7-9,12-17H2,1-3H3/q+1. The van der Waals surface area contributed by atoms with Crippen molar-refractivity contribution in [3.63, 3.8) is 0 Å². The number of aromatic nitrogens is 1. The summed E-state index contributed by atoms with van der Waals surface area (Å²) >= 11 is 0. The topological polar surface area (TPSA) is 36.4 Å². The lowest BCUT2D eigenvalue weighted by Crippen LogP contribution is -2.62. The minimum atomic E-state index is 0.297. The first kappa shape index (κ1) is 20.3. The molecular weight excluding hydrogens is 360 g/mol. The molecule has 5 heteroatoms. The van der Waals surface area contributed by atoms with E-state index in [0.717, 1.165) is 80.8 Å². The van der Waals surface area contributed by atoms with E-state index in [2.05, 4.69) is 47.9 Å². The number of rotatable bonds is 2. The molecule has 0 unspecified atom stereocenters. The molecule has 3 heterocycles. The van der Waals surface area contributed by atoms with Crippen LogP contribution < -0.4 is 4.48 Å². The summed E-state index contributed by atoms with van der Waals surface area (Å²) in [5.41, 5.74) is 3.15. The lowest BCUT2D eigenvalue weighted by molar-refractivity contribution is 0.144. The van der Waals surface area contributed by atoms with E-state index in [1.165, 1.54) is 6.42 Å². The molecule has 5 nitrogen and oxygen atoms in total. The number of piperidine rings is 1. The van der Waals surface area contributed by atoms with Crippen LogP contribution in [-0.4, -0.2) is 66.1 Å². The van der Waals surface area contributed by atoms with Crippen molar-refractivity contribution < 1.29 is 4.79 Å². The van der Waals surface area contributed by atoms with Crippen LogP contribution in [-0.2, 0) is 0 Å². The number of amides is 2. The van der Waals surface area contributed by atoms with Gasteiger partial charge in [0.05, 0.1) is 24.0 Å². The molecule has 2 aromatic rings. The van der Waals surface area contributed by atoms with Crippen LogP contribution in [0.1, 0.15) is 45.2 Å². The maximum absolute atomic E-state index is 14.1. The largest absolute Gasteiger partial charge is 0.424 e. The van der Waals surface area contributed by atoms with Gasteiger partial charge in [0.15, 0.2) is 5.69 Å². The van der Waals surface area contributed by atoms with Crippen molar-refractivity contribution in [2.45, 2.75) is 52.5 Å². The van der Waals surface area contributed by atoms with Crippen molar-refractivity contribution in [3.8, 4) is 0 Å². The van der Waals surface area contributed by atoms with Gasteiger partial charge in [-0.2, -0.15) is 0 Å². The van der Waals surface area contributed by atoms with Gasteiger partial charge in [-0.05, 0) is 58.6 Å². The Hall–Kier alpha value is -1.98. The summed E-state index contributed by atoms with van der Waals surface area (Å²) in [7, 11) is 0. The van der Waals surface area contributed by atoms with Crippen LogP contribution in [0.25, 0.3) is 10.9 Å². The second kappa shape index (κ2) is 8.41. The van der Waals surface area contributed by atoms with Gasteiger partial charge in [0.25, 0.3) is 0 Å². The molecule has 2 aliphatic heterocycles. The lowest BCUT2D eigenvalue weighted by atomic mass is 10.0. The SMILES string of the molecule is Cc1cc([N+]2(C(=O)N3CCCN(C(C)C)CC3)CCCCC2)c2ccccc2n1. The molecule has 0 atom stereocenters. The molecule has 0 radical (unpaired) electrons. The van der Waals surface area contributed by atoms with E-state index in [1.807, 2.05) is 13.0 Å². The maximum atomic E-state index is 14.1. The molecule has 2 fully saturated rings. The van der Waals surface area contributed by atoms with Crippen LogP contribution in [0.5, 0.6) is 0 Å². The second-order valence-electron chi connectivity index (χ2n) is 9.03. The van der Waals surface area contributed by atoms with Crippen LogP contribution >= 0.6 is 0 Å². The summed E-state index contributed by atoms with van der Waals surface area (Å²) in [6.07, 6.45) is 4.48. The zero-order chi connectivity index (χ0) is 20.4. The summed E-state index contributed by atoms with van der Waals surface area (Å²) in [6, 6.07) is 11.3. The number of hydrogen-bond acceptors (Lipinski definition) is 3. The number of likely N-dealkylation sites (tertiary alicyclic amines) is 1. The van der Waals surface area contributed by atoms with Gasteiger partial charge in [0, 0.05) is 44.0 Å². The minimum absolute atomic E-state index is 0.297. The quantitative estimate of drug-likeness (QED) is 0.699. The highest BCUT2D eigenvalue weighted by Crippen LogP contribution is 2.36. The molecule has 2 amide bonds. The van der Waals surface area contributed by atoms with Crippen LogP contribution in [0, 0.1) is 6.92 Å². The molecule has 4 rings (SSSR count). The maximum Gasteiger partial charge on any atom is 0.424 e. The van der Waals surface area contributed by atoms with E-state index in [0.29, 0.717) is 16.6 Å². The van der Waals surface area contributed by atoms with Gasteiger partial charge in [0.1, 0.15) is 0 Å². The molecule has 0 spiro atoms. The third-order valence-corrected chi connectivity index (χ3v) is 6.76. The predicted octanol–water partition coefficient (Wildman–Crippen LogP) is 4.57. The first-order valence-corrected chi connectivity index (χ1v) is 11.3. The van der Waals surface area contributed by atoms with Crippen LogP contribution in [0.2, 0.25) is 0 Å². The molecule has 29 heavy (non-hydrogen) atoms. The highest BCUT2D eigenvalue weighted by atomic mass is 16.2. The van der Waals surface area contributed by atoms with Crippen molar-refractivity contribution >= 4 is 22.6 Å². The molecule has 0 aliphatic carbocycles. The van der Waals surface area contributed by atoms with Gasteiger partial charge in [-0.15, -0.1) is 0 Å². The Kier molecular flexibility index (Phi) is 5.88. The summed E-state index contributed by atoms with van der Waals surface area (Å²) in [6.45, 7) is 12.1. The highest BCUT2D eigenvalue weighted by Gasteiger charge is 2.45. The van der Waals surface area contributed by atoms with Crippen molar-refractivity contribution in [2.24, 2.45) is 0 Å². The number of urea groups is 1. The number of carbonyl (C=O) groups excluding carboxylic acids is 1.